The predicted molar refractivity (Wildman–Crippen MR) is 76.2 cm³/mol. The summed E-state index contributed by atoms with van der Waals surface area (Å²) in [5.41, 5.74) is 6.06. The lowest BCUT2D eigenvalue weighted by atomic mass is 9.69. The number of hydrogen-bond acceptors (Lipinski definition) is 2. The topological polar surface area (TPSA) is 40.5 Å². The van der Waals surface area contributed by atoms with Crippen molar-refractivity contribution >= 4 is 21.9 Å². The van der Waals surface area contributed by atoms with Gasteiger partial charge in [0.25, 0.3) is 0 Å². The van der Waals surface area contributed by atoms with Crippen LogP contribution in [0.1, 0.15) is 13.8 Å². The van der Waals surface area contributed by atoms with E-state index in [-0.39, 0.29) is 5.41 Å². The number of fused-ring (bicyclic) bond motifs is 2. The molecule has 0 fully saturated rings. The van der Waals surface area contributed by atoms with Crippen molar-refractivity contribution in [2.24, 2.45) is 5.41 Å². The Labute approximate surface area is 109 Å². The number of allylic oxidation sites excluding steroid dienone is 10. The van der Waals surface area contributed by atoms with Gasteiger partial charge in [0.05, 0.1) is 9.13 Å². The maximum atomic E-state index is 9.56. The van der Waals surface area contributed by atoms with Crippen LogP contribution in [-0.2, 0) is 0 Å². The molecule has 0 saturated heterocycles. The molecule has 0 aromatic heterocycles. The maximum absolute atomic E-state index is 9.56. The lowest BCUT2D eigenvalue weighted by Gasteiger charge is -2.29. The van der Waals surface area contributed by atoms with E-state index in [2.05, 4.69) is 38.2 Å². The van der Waals surface area contributed by atoms with Gasteiger partial charge < -0.3 is 10.0 Å². The van der Waals surface area contributed by atoms with Crippen molar-refractivity contribution in [2.45, 2.75) is 13.8 Å². The number of hydrogen-bond donors (Lipinski definition) is 2. The average molecular weight is 253 g/mol. The van der Waals surface area contributed by atoms with Crippen LogP contribution in [0.2, 0.25) is 0 Å². The van der Waals surface area contributed by atoms with Crippen LogP contribution in [0.4, 0.5) is 0 Å². The van der Waals surface area contributed by atoms with E-state index in [1.165, 1.54) is 16.3 Å². The van der Waals surface area contributed by atoms with Crippen molar-refractivity contribution < 1.29 is 10.0 Å². The normalized spacial score (nSPS) is 23.2. The Balaban J connectivity index is 2.26. The molecule has 1 heterocycles. The van der Waals surface area contributed by atoms with Gasteiger partial charge in [-0.1, -0.05) is 49.9 Å². The van der Waals surface area contributed by atoms with Crippen LogP contribution in [0.25, 0.3) is 0 Å². The van der Waals surface area contributed by atoms with Crippen molar-refractivity contribution in [3.05, 3.63) is 57.8 Å². The zero-order valence-electron chi connectivity index (χ0n) is 10.4. The molecule has 0 saturated carbocycles. The molecule has 0 unspecified atom stereocenters. The quantitative estimate of drug-likeness (QED) is 0.688. The van der Waals surface area contributed by atoms with Crippen LogP contribution in [0.15, 0.2) is 57.8 Å². The van der Waals surface area contributed by atoms with Gasteiger partial charge >= 0.3 is 7.12 Å². The van der Waals surface area contributed by atoms with Gasteiger partial charge in [0.15, 0.2) is 0 Å². The first-order valence-electron chi connectivity index (χ1n) is 6.04. The maximum Gasteiger partial charge on any atom is 0.489 e. The minimum absolute atomic E-state index is 0.0620. The average Bonchev–Trinajstić information content (AvgIpc) is 2.67. The largest absolute Gasteiger partial charge is 0.489 e. The van der Waals surface area contributed by atoms with Crippen molar-refractivity contribution in [3.63, 3.8) is 0 Å². The van der Waals surface area contributed by atoms with E-state index in [4.69, 9.17) is 0 Å². The Bertz CT molecular complexity index is 601. The van der Waals surface area contributed by atoms with Crippen molar-refractivity contribution in [1.29, 1.82) is 0 Å². The second-order valence-corrected chi connectivity index (χ2v) is 6.48. The van der Waals surface area contributed by atoms with Gasteiger partial charge in [0, 0.05) is 5.41 Å². The minimum atomic E-state index is -1.40. The summed E-state index contributed by atoms with van der Waals surface area (Å²) in [6, 6.07) is 0. The molecule has 0 aromatic rings. The Morgan fingerprint density at radius 3 is 2.72 bits per heavy atom. The van der Waals surface area contributed by atoms with E-state index in [0.717, 1.165) is 5.57 Å². The summed E-state index contributed by atoms with van der Waals surface area (Å²) in [6.07, 6.45) is 10.4. The molecule has 2 N–H and O–H groups in total. The molecular weight excluding hydrogens is 239 g/mol. The van der Waals surface area contributed by atoms with Crippen LogP contribution < -0.4 is 0 Å². The van der Waals surface area contributed by atoms with E-state index in [1.54, 1.807) is 0 Å². The third-order valence-electron chi connectivity index (χ3n) is 3.61. The van der Waals surface area contributed by atoms with Crippen LogP contribution in [0.3, 0.4) is 0 Å². The summed E-state index contributed by atoms with van der Waals surface area (Å²) in [7, 11) is -0.797. The molecule has 0 aromatic carbocycles. The zero-order valence-corrected chi connectivity index (χ0v) is 11.4. The summed E-state index contributed by atoms with van der Waals surface area (Å²) < 4.78 is 0. The molecule has 0 amide bonds. The standard InChI is InChI=1S/C14H14BO2Si/c1-14(2)6-3-4-9-8-11-12(13(9)14)10(15(16)17)5-7-18-11/h3-8,16-17H,1-2H3. The molecule has 0 spiro atoms. The van der Waals surface area contributed by atoms with Crippen LogP contribution >= 0.6 is 0 Å². The monoisotopic (exact) mass is 253 g/mol. The molecule has 0 bridgehead atoms. The Morgan fingerprint density at radius 1 is 1.22 bits per heavy atom. The summed E-state index contributed by atoms with van der Waals surface area (Å²) in [5.74, 6) is 0. The smallest absolute Gasteiger partial charge is 0.423 e. The Kier molecular flexibility index (Phi) is 2.55. The highest BCUT2D eigenvalue weighted by atomic mass is 28.2. The molecular formula is C14H14BO2Si. The third-order valence-corrected chi connectivity index (χ3v) is 4.65. The predicted octanol–water partition coefficient (Wildman–Crippen LogP) is 1.16. The minimum Gasteiger partial charge on any atom is -0.423 e. The molecule has 3 aliphatic rings. The van der Waals surface area contributed by atoms with Gasteiger partial charge in [-0.3, -0.25) is 0 Å². The van der Waals surface area contributed by atoms with Crippen molar-refractivity contribution in [1.82, 2.24) is 0 Å². The van der Waals surface area contributed by atoms with E-state index in [0.29, 0.717) is 14.6 Å². The molecule has 18 heavy (non-hydrogen) atoms. The fourth-order valence-electron chi connectivity index (χ4n) is 2.81. The van der Waals surface area contributed by atoms with E-state index in [1.807, 2.05) is 11.7 Å². The molecule has 89 valence electrons. The Hall–Kier alpha value is -1.23. The van der Waals surface area contributed by atoms with Crippen molar-refractivity contribution in [3.8, 4) is 0 Å². The lowest BCUT2D eigenvalue weighted by Crippen LogP contribution is -2.24. The summed E-state index contributed by atoms with van der Waals surface area (Å²) >= 11 is 0. The second-order valence-electron chi connectivity index (χ2n) is 5.32. The van der Waals surface area contributed by atoms with Gasteiger partial charge in [-0.25, -0.2) is 0 Å². The lowest BCUT2D eigenvalue weighted by molar-refractivity contribution is 0.420. The first-order chi connectivity index (χ1) is 8.50. The fourth-order valence-corrected chi connectivity index (χ4v) is 3.91. The molecule has 4 heteroatoms. The molecule has 2 nitrogen and oxygen atoms in total. The van der Waals surface area contributed by atoms with E-state index < -0.39 is 7.12 Å². The molecule has 2 aliphatic carbocycles. The van der Waals surface area contributed by atoms with E-state index in [9.17, 15) is 10.0 Å². The summed E-state index contributed by atoms with van der Waals surface area (Å²) in [5, 5.41) is 20.3. The Morgan fingerprint density at radius 2 is 2.00 bits per heavy atom. The summed E-state index contributed by atoms with van der Waals surface area (Å²) in [4.78, 5) is 0. The first kappa shape index (κ1) is 11.8. The zero-order chi connectivity index (χ0) is 12.9. The highest BCUT2D eigenvalue weighted by Gasteiger charge is 2.36. The highest BCUT2D eigenvalue weighted by molar-refractivity contribution is 6.64. The fraction of sp³-hybridized carbons (Fsp3) is 0.214. The highest BCUT2D eigenvalue weighted by Crippen LogP contribution is 2.47. The summed E-state index contributed by atoms with van der Waals surface area (Å²) in [6.45, 7) is 4.33. The molecule has 3 rings (SSSR count). The number of rotatable bonds is 1. The van der Waals surface area contributed by atoms with Gasteiger partial charge in [-0.05, 0) is 27.4 Å². The first-order valence-corrected chi connectivity index (χ1v) is 7.11. The van der Waals surface area contributed by atoms with Gasteiger partial charge in [-0.15, -0.1) is 0 Å². The van der Waals surface area contributed by atoms with Gasteiger partial charge in [-0.2, -0.15) is 0 Å². The van der Waals surface area contributed by atoms with Gasteiger partial charge in [0.2, 0.25) is 0 Å². The van der Waals surface area contributed by atoms with E-state index >= 15 is 0 Å². The SMILES string of the molecule is CC1(C)C=CC=C2C=C3[Si]=CC=C(B(O)O)C3=C21. The molecule has 1 radical (unpaired) electrons. The van der Waals surface area contributed by atoms with Gasteiger partial charge in [0.1, 0.15) is 0 Å². The molecule has 1 aliphatic heterocycles. The molecule has 0 atom stereocenters. The van der Waals surface area contributed by atoms with Crippen LogP contribution in [0.5, 0.6) is 0 Å². The van der Waals surface area contributed by atoms with Crippen molar-refractivity contribution in [2.75, 3.05) is 0 Å². The second kappa shape index (κ2) is 3.88. The third kappa shape index (κ3) is 1.61. The van der Waals surface area contributed by atoms with Crippen LogP contribution in [-0.4, -0.2) is 32.0 Å². The van der Waals surface area contributed by atoms with Crippen LogP contribution in [0, 0.1) is 5.41 Å².